The zero-order valence-electron chi connectivity index (χ0n) is 4.84. The van der Waals surface area contributed by atoms with Crippen LogP contribution >= 0.6 is 44.3 Å². The molecule has 0 aliphatic rings. The number of hydrogen-bond donors (Lipinski definition) is 1. The molecular weight excluding hydrogens is 283 g/mol. The number of nitrogens with zero attached hydrogens (tertiary/aromatic N) is 1. The molecule has 0 amide bonds. The number of aromatic nitrogens is 1. The van der Waals surface area contributed by atoms with Crippen LogP contribution in [-0.4, -0.2) is 4.98 Å². The van der Waals surface area contributed by atoms with E-state index in [9.17, 15) is 0 Å². The van der Waals surface area contributed by atoms with E-state index in [1.165, 1.54) is 0 Å². The molecule has 0 spiro atoms. The molecule has 0 bridgehead atoms. The predicted molar refractivity (Wildman–Crippen MR) is 51.3 cm³/mol. The number of nitrogens with two attached hydrogens (primary N) is 1. The van der Waals surface area contributed by atoms with Crippen LogP contribution in [0.4, 0.5) is 5.82 Å². The van der Waals surface area contributed by atoms with Crippen LogP contribution in [0.25, 0.3) is 0 Å². The van der Waals surface area contributed by atoms with Crippen LogP contribution in [0.15, 0.2) is 21.2 Å². The molecule has 56 valence electrons. The van der Waals surface area contributed by atoms with Crippen molar-refractivity contribution >= 4 is 50.1 Å². The van der Waals surface area contributed by atoms with E-state index in [0.29, 0.717) is 5.82 Å². The summed E-state index contributed by atoms with van der Waals surface area (Å²) in [5, 5.41) is 0. The van der Waals surface area contributed by atoms with Gasteiger partial charge in [0.25, 0.3) is 0 Å². The highest BCUT2D eigenvalue weighted by atomic mass is 79.9. The van der Waals surface area contributed by atoms with Crippen molar-refractivity contribution in [2.24, 2.45) is 0 Å². The molecule has 0 saturated heterocycles. The Kier molecular flexibility index (Phi) is 4.24. The van der Waals surface area contributed by atoms with E-state index in [4.69, 9.17) is 5.73 Å². The Bertz CT molecular complexity index is 229. The maximum absolute atomic E-state index is 5.41. The number of anilines is 1. The lowest BCUT2D eigenvalue weighted by atomic mass is 10.5. The Labute approximate surface area is 81.9 Å². The summed E-state index contributed by atoms with van der Waals surface area (Å²) in [7, 11) is 0. The second kappa shape index (κ2) is 4.16. The topological polar surface area (TPSA) is 38.9 Å². The zero-order valence-corrected chi connectivity index (χ0v) is 8.83. The van der Waals surface area contributed by atoms with E-state index in [1.54, 1.807) is 6.20 Å². The number of pyridine rings is 1. The van der Waals surface area contributed by atoms with Crippen LogP contribution in [-0.2, 0) is 0 Å². The number of halogens is 3. The first-order chi connectivity index (χ1) is 4.20. The fraction of sp³-hybridized carbons (Fsp3) is 0. The van der Waals surface area contributed by atoms with E-state index >= 15 is 0 Å². The Morgan fingerprint density at radius 1 is 1.40 bits per heavy atom. The smallest absolute Gasteiger partial charge is 0.137 e. The number of rotatable bonds is 0. The van der Waals surface area contributed by atoms with Crippen molar-refractivity contribution in [1.82, 2.24) is 4.98 Å². The normalized spacial score (nSPS) is 8.60. The van der Waals surface area contributed by atoms with Gasteiger partial charge in [0.15, 0.2) is 0 Å². The maximum atomic E-state index is 5.41. The van der Waals surface area contributed by atoms with Crippen molar-refractivity contribution in [1.29, 1.82) is 0 Å². The summed E-state index contributed by atoms with van der Waals surface area (Å²) in [4.78, 5) is 3.86. The summed E-state index contributed by atoms with van der Waals surface area (Å²) in [5.74, 6) is 0.512. The van der Waals surface area contributed by atoms with Crippen molar-refractivity contribution in [2.45, 2.75) is 0 Å². The minimum atomic E-state index is 0. The third-order valence-corrected chi connectivity index (χ3v) is 1.91. The standard InChI is InChI=1S/C5H4Br2N2.ClH/c6-3-1-4(7)5(8)9-2-3;/h1-2H,(H2,8,9);1H. The molecule has 0 radical (unpaired) electrons. The van der Waals surface area contributed by atoms with Gasteiger partial charge in [-0.25, -0.2) is 4.98 Å². The van der Waals surface area contributed by atoms with Crippen LogP contribution in [0.2, 0.25) is 0 Å². The van der Waals surface area contributed by atoms with Crippen molar-refractivity contribution in [2.75, 3.05) is 5.73 Å². The van der Waals surface area contributed by atoms with Crippen molar-refractivity contribution < 1.29 is 0 Å². The second-order valence-electron chi connectivity index (χ2n) is 1.52. The predicted octanol–water partition coefficient (Wildman–Crippen LogP) is 2.61. The van der Waals surface area contributed by atoms with Gasteiger partial charge in [-0.2, -0.15) is 0 Å². The van der Waals surface area contributed by atoms with Crippen molar-refractivity contribution in [3.8, 4) is 0 Å². The number of hydrogen-bond acceptors (Lipinski definition) is 2. The fourth-order valence-electron chi connectivity index (χ4n) is 0.425. The molecule has 0 fully saturated rings. The van der Waals surface area contributed by atoms with Gasteiger partial charge in [-0.05, 0) is 37.9 Å². The molecule has 1 aromatic rings. The summed E-state index contributed by atoms with van der Waals surface area (Å²) in [5.41, 5.74) is 5.41. The first-order valence-corrected chi connectivity index (χ1v) is 3.85. The third kappa shape index (κ3) is 2.44. The van der Waals surface area contributed by atoms with E-state index in [-0.39, 0.29) is 12.4 Å². The van der Waals surface area contributed by atoms with Gasteiger partial charge in [0, 0.05) is 10.7 Å². The number of nitrogen functional groups attached to an aromatic ring is 1. The van der Waals surface area contributed by atoms with Gasteiger partial charge >= 0.3 is 0 Å². The van der Waals surface area contributed by atoms with Crippen LogP contribution in [0.1, 0.15) is 0 Å². The average Bonchev–Trinajstić information content (AvgIpc) is 1.80. The van der Waals surface area contributed by atoms with Gasteiger partial charge < -0.3 is 5.73 Å². The van der Waals surface area contributed by atoms with E-state index in [1.807, 2.05) is 6.07 Å². The van der Waals surface area contributed by atoms with E-state index < -0.39 is 0 Å². The van der Waals surface area contributed by atoms with E-state index in [2.05, 4.69) is 36.8 Å². The largest absolute Gasteiger partial charge is 0.383 e. The lowest BCUT2D eigenvalue weighted by Gasteiger charge is -1.94. The maximum Gasteiger partial charge on any atom is 0.137 e. The highest BCUT2D eigenvalue weighted by molar-refractivity contribution is 9.11. The summed E-state index contributed by atoms with van der Waals surface area (Å²) in [6.07, 6.45) is 1.65. The van der Waals surface area contributed by atoms with Crippen LogP contribution in [0.3, 0.4) is 0 Å². The Morgan fingerprint density at radius 3 is 2.40 bits per heavy atom. The second-order valence-corrected chi connectivity index (χ2v) is 3.29. The van der Waals surface area contributed by atoms with Crippen LogP contribution in [0, 0.1) is 0 Å². The third-order valence-electron chi connectivity index (χ3n) is 0.836. The quantitative estimate of drug-likeness (QED) is 0.797. The molecule has 0 saturated carbocycles. The van der Waals surface area contributed by atoms with Crippen molar-refractivity contribution in [3.05, 3.63) is 21.2 Å². The Hall–Kier alpha value is 0.200. The van der Waals surface area contributed by atoms with Gasteiger partial charge in [0.2, 0.25) is 0 Å². The van der Waals surface area contributed by atoms with E-state index in [0.717, 1.165) is 8.95 Å². The Morgan fingerprint density at radius 2 is 2.00 bits per heavy atom. The lowest BCUT2D eigenvalue weighted by Crippen LogP contribution is -1.89. The highest BCUT2D eigenvalue weighted by Gasteiger charge is 1.94. The molecule has 0 aliphatic heterocycles. The molecule has 0 aromatic carbocycles. The van der Waals surface area contributed by atoms with Crippen molar-refractivity contribution in [3.63, 3.8) is 0 Å². The average molecular weight is 288 g/mol. The SMILES string of the molecule is Cl.Nc1ncc(Br)cc1Br. The monoisotopic (exact) mass is 286 g/mol. The Balaban J connectivity index is 0.000000810. The molecule has 10 heavy (non-hydrogen) atoms. The summed E-state index contributed by atoms with van der Waals surface area (Å²) in [6, 6.07) is 1.85. The lowest BCUT2D eigenvalue weighted by molar-refractivity contribution is 1.30. The minimum Gasteiger partial charge on any atom is -0.383 e. The van der Waals surface area contributed by atoms with Gasteiger partial charge in [-0.3, -0.25) is 0 Å². The van der Waals surface area contributed by atoms with Gasteiger partial charge in [-0.1, -0.05) is 0 Å². The molecule has 2 N–H and O–H groups in total. The molecule has 0 aliphatic carbocycles. The fourth-order valence-corrected chi connectivity index (χ4v) is 1.41. The van der Waals surface area contributed by atoms with Gasteiger partial charge in [0.05, 0.1) is 4.47 Å². The van der Waals surface area contributed by atoms with Gasteiger partial charge in [-0.15, -0.1) is 12.4 Å². The first-order valence-electron chi connectivity index (χ1n) is 2.26. The molecule has 1 aromatic heterocycles. The summed E-state index contributed by atoms with van der Waals surface area (Å²) >= 11 is 6.48. The molecule has 1 rings (SSSR count). The van der Waals surface area contributed by atoms with Crippen LogP contribution < -0.4 is 5.73 Å². The van der Waals surface area contributed by atoms with Crippen LogP contribution in [0.5, 0.6) is 0 Å². The van der Waals surface area contributed by atoms with Gasteiger partial charge in [0.1, 0.15) is 5.82 Å². The summed E-state index contributed by atoms with van der Waals surface area (Å²) < 4.78 is 1.74. The molecular formula is C5H5Br2ClN2. The minimum absolute atomic E-state index is 0. The molecule has 0 atom stereocenters. The summed E-state index contributed by atoms with van der Waals surface area (Å²) in [6.45, 7) is 0. The first kappa shape index (κ1) is 10.2. The highest BCUT2D eigenvalue weighted by Crippen LogP contribution is 2.20. The molecule has 5 heteroatoms. The zero-order chi connectivity index (χ0) is 6.85. The molecule has 2 nitrogen and oxygen atoms in total. The molecule has 1 heterocycles. The molecule has 0 unspecified atom stereocenters.